The van der Waals surface area contributed by atoms with Crippen LogP contribution in [0.1, 0.15) is 65.7 Å². The van der Waals surface area contributed by atoms with Gasteiger partial charge in [0, 0.05) is 12.1 Å². The summed E-state index contributed by atoms with van der Waals surface area (Å²) >= 11 is 0. The molecule has 0 radical (unpaired) electrons. The molecule has 17 heavy (non-hydrogen) atoms. The first-order valence-electron chi connectivity index (χ1n) is 7.39. The summed E-state index contributed by atoms with van der Waals surface area (Å²) in [6.07, 6.45) is 8.29. The maximum Gasteiger partial charge on any atom is 0.0541 e. The monoisotopic (exact) mass is 239 g/mol. The first-order chi connectivity index (χ1) is 7.94. The van der Waals surface area contributed by atoms with Gasteiger partial charge in [0.2, 0.25) is 0 Å². The van der Waals surface area contributed by atoms with E-state index in [1.54, 1.807) is 0 Å². The summed E-state index contributed by atoms with van der Waals surface area (Å²) in [6.45, 7) is 7.20. The highest BCUT2D eigenvalue weighted by Crippen LogP contribution is 2.39. The molecule has 100 valence electrons. The normalized spacial score (nSPS) is 42.4. The smallest absolute Gasteiger partial charge is 0.0541 e. The Labute approximate surface area is 106 Å². The van der Waals surface area contributed by atoms with E-state index in [1.807, 2.05) is 0 Å². The molecule has 0 aromatic heterocycles. The summed E-state index contributed by atoms with van der Waals surface area (Å²) in [5, 5.41) is 13.4. The van der Waals surface area contributed by atoms with Crippen LogP contribution in [0.5, 0.6) is 0 Å². The van der Waals surface area contributed by atoms with Gasteiger partial charge in [0.05, 0.1) is 6.10 Å². The topological polar surface area (TPSA) is 32.3 Å². The van der Waals surface area contributed by atoms with Crippen LogP contribution in [-0.2, 0) is 0 Å². The molecule has 2 aliphatic carbocycles. The SMILES string of the molecule is CC1CC(NC2CCC(O)CC2)CC(C)(C)C1. The molecule has 2 fully saturated rings. The Morgan fingerprint density at radius 3 is 2.24 bits per heavy atom. The zero-order valence-electron chi connectivity index (χ0n) is 11.7. The van der Waals surface area contributed by atoms with E-state index >= 15 is 0 Å². The molecule has 2 unspecified atom stereocenters. The minimum absolute atomic E-state index is 0.0326. The molecule has 0 heterocycles. The molecular weight excluding hydrogens is 210 g/mol. The minimum atomic E-state index is -0.0326. The van der Waals surface area contributed by atoms with E-state index in [2.05, 4.69) is 26.1 Å². The molecule has 0 spiro atoms. The van der Waals surface area contributed by atoms with Crippen molar-refractivity contribution in [1.29, 1.82) is 0 Å². The fourth-order valence-corrected chi connectivity index (χ4v) is 4.05. The van der Waals surface area contributed by atoms with E-state index in [0.29, 0.717) is 17.5 Å². The Bertz CT molecular complexity index is 243. The van der Waals surface area contributed by atoms with Crippen molar-refractivity contribution in [2.45, 2.75) is 83.9 Å². The van der Waals surface area contributed by atoms with E-state index in [0.717, 1.165) is 31.6 Å². The standard InChI is InChI=1S/C15H29NO/c1-11-8-13(10-15(2,3)9-11)16-12-4-6-14(17)7-5-12/h11-14,16-17H,4-10H2,1-3H3. The summed E-state index contributed by atoms with van der Waals surface area (Å²) in [5.41, 5.74) is 0.503. The first-order valence-corrected chi connectivity index (χ1v) is 7.39. The van der Waals surface area contributed by atoms with Crippen LogP contribution < -0.4 is 5.32 Å². The lowest BCUT2D eigenvalue weighted by Gasteiger charge is -2.41. The van der Waals surface area contributed by atoms with Crippen molar-refractivity contribution < 1.29 is 5.11 Å². The number of aliphatic hydroxyl groups is 1. The van der Waals surface area contributed by atoms with Gasteiger partial charge in [-0.3, -0.25) is 0 Å². The van der Waals surface area contributed by atoms with Crippen molar-refractivity contribution in [1.82, 2.24) is 5.32 Å². The van der Waals surface area contributed by atoms with Crippen molar-refractivity contribution in [3.63, 3.8) is 0 Å². The van der Waals surface area contributed by atoms with Crippen molar-refractivity contribution >= 4 is 0 Å². The van der Waals surface area contributed by atoms with E-state index in [4.69, 9.17) is 0 Å². The van der Waals surface area contributed by atoms with Gasteiger partial charge in [0.15, 0.2) is 0 Å². The van der Waals surface area contributed by atoms with Crippen molar-refractivity contribution in [2.75, 3.05) is 0 Å². The van der Waals surface area contributed by atoms with Crippen molar-refractivity contribution in [2.24, 2.45) is 11.3 Å². The van der Waals surface area contributed by atoms with Crippen LogP contribution >= 0.6 is 0 Å². The molecule has 0 aromatic carbocycles. The Balaban J connectivity index is 1.82. The van der Waals surface area contributed by atoms with Crippen LogP contribution in [0.3, 0.4) is 0 Å². The number of nitrogens with one attached hydrogen (secondary N) is 1. The second-order valence-electron chi connectivity index (χ2n) is 7.28. The van der Waals surface area contributed by atoms with E-state index < -0.39 is 0 Å². The van der Waals surface area contributed by atoms with Gasteiger partial charge in [-0.2, -0.15) is 0 Å². The van der Waals surface area contributed by atoms with Crippen molar-refractivity contribution in [3.05, 3.63) is 0 Å². The predicted molar refractivity (Wildman–Crippen MR) is 72.0 cm³/mol. The molecule has 0 aliphatic heterocycles. The summed E-state index contributed by atoms with van der Waals surface area (Å²) in [7, 11) is 0. The summed E-state index contributed by atoms with van der Waals surface area (Å²) in [4.78, 5) is 0. The van der Waals surface area contributed by atoms with Crippen LogP contribution in [0.4, 0.5) is 0 Å². The molecule has 0 amide bonds. The molecule has 2 heteroatoms. The maximum atomic E-state index is 9.53. The highest BCUT2D eigenvalue weighted by atomic mass is 16.3. The molecule has 2 rings (SSSR count). The maximum absolute atomic E-state index is 9.53. The average molecular weight is 239 g/mol. The Morgan fingerprint density at radius 1 is 1.00 bits per heavy atom. The van der Waals surface area contributed by atoms with Gasteiger partial charge in [-0.05, 0) is 56.3 Å². The third-order valence-electron chi connectivity index (χ3n) is 4.56. The fraction of sp³-hybridized carbons (Fsp3) is 1.00. The third kappa shape index (κ3) is 3.96. The average Bonchev–Trinajstić information content (AvgIpc) is 2.18. The van der Waals surface area contributed by atoms with Gasteiger partial charge in [-0.1, -0.05) is 20.8 Å². The van der Waals surface area contributed by atoms with Gasteiger partial charge >= 0.3 is 0 Å². The lowest BCUT2D eigenvalue weighted by Crippen LogP contribution is -2.46. The Hall–Kier alpha value is -0.0800. The molecular formula is C15H29NO. The number of hydrogen-bond acceptors (Lipinski definition) is 2. The van der Waals surface area contributed by atoms with Gasteiger partial charge in [0.1, 0.15) is 0 Å². The summed E-state index contributed by atoms with van der Waals surface area (Å²) < 4.78 is 0. The first kappa shape index (κ1) is 13.4. The van der Waals surface area contributed by atoms with E-state index in [1.165, 1.54) is 19.3 Å². The van der Waals surface area contributed by atoms with Gasteiger partial charge in [0.25, 0.3) is 0 Å². The van der Waals surface area contributed by atoms with E-state index in [9.17, 15) is 5.11 Å². The summed E-state index contributed by atoms with van der Waals surface area (Å²) in [5.74, 6) is 0.852. The largest absolute Gasteiger partial charge is 0.393 e. The highest BCUT2D eigenvalue weighted by Gasteiger charge is 2.33. The fourth-order valence-electron chi connectivity index (χ4n) is 4.05. The van der Waals surface area contributed by atoms with Crippen LogP contribution in [0, 0.1) is 11.3 Å². The summed E-state index contributed by atoms with van der Waals surface area (Å²) in [6, 6.07) is 1.36. The quantitative estimate of drug-likeness (QED) is 0.776. The third-order valence-corrected chi connectivity index (χ3v) is 4.56. The molecule has 0 saturated heterocycles. The molecule has 2 atom stereocenters. The molecule has 0 bridgehead atoms. The van der Waals surface area contributed by atoms with Gasteiger partial charge < -0.3 is 10.4 Å². The Morgan fingerprint density at radius 2 is 1.65 bits per heavy atom. The second-order valence-corrected chi connectivity index (χ2v) is 7.28. The minimum Gasteiger partial charge on any atom is -0.393 e. The number of aliphatic hydroxyl groups excluding tert-OH is 1. The van der Waals surface area contributed by atoms with Gasteiger partial charge in [-0.15, -0.1) is 0 Å². The zero-order valence-corrected chi connectivity index (χ0v) is 11.7. The molecule has 2 aliphatic rings. The number of hydrogen-bond donors (Lipinski definition) is 2. The molecule has 2 saturated carbocycles. The van der Waals surface area contributed by atoms with E-state index in [-0.39, 0.29) is 6.10 Å². The molecule has 2 nitrogen and oxygen atoms in total. The molecule has 0 aromatic rings. The van der Waals surface area contributed by atoms with Crippen LogP contribution in [0.25, 0.3) is 0 Å². The van der Waals surface area contributed by atoms with Crippen molar-refractivity contribution in [3.8, 4) is 0 Å². The highest BCUT2D eigenvalue weighted by molar-refractivity contribution is 4.89. The number of rotatable bonds is 2. The van der Waals surface area contributed by atoms with Crippen LogP contribution in [0.2, 0.25) is 0 Å². The lowest BCUT2D eigenvalue weighted by atomic mass is 9.70. The Kier molecular flexibility index (Phi) is 4.14. The lowest BCUT2D eigenvalue weighted by molar-refractivity contribution is 0.0988. The zero-order chi connectivity index (χ0) is 12.5. The van der Waals surface area contributed by atoms with Crippen LogP contribution in [-0.4, -0.2) is 23.3 Å². The molecule has 2 N–H and O–H groups in total. The van der Waals surface area contributed by atoms with Gasteiger partial charge in [-0.25, -0.2) is 0 Å². The predicted octanol–water partition coefficient (Wildman–Crippen LogP) is 3.09. The van der Waals surface area contributed by atoms with Crippen LogP contribution in [0.15, 0.2) is 0 Å². The second kappa shape index (κ2) is 5.27.